The highest BCUT2D eigenvalue weighted by molar-refractivity contribution is 7.13. The Bertz CT molecular complexity index is 723. The van der Waals surface area contributed by atoms with Crippen LogP contribution in [0.1, 0.15) is 5.69 Å². The van der Waals surface area contributed by atoms with Gasteiger partial charge in [-0.2, -0.15) is 5.10 Å². The second-order valence-electron chi connectivity index (χ2n) is 5.58. The Morgan fingerprint density at radius 3 is 3.17 bits per heavy atom. The van der Waals surface area contributed by atoms with Gasteiger partial charge in [-0.05, 0) is 18.2 Å². The molecule has 1 fully saturated rings. The Morgan fingerprint density at radius 1 is 1.35 bits per heavy atom. The third-order valence-corrected chi connectivity index (χ3v) is 4.75. The summed E-state index contributed by atoms with van der Waals surface area (Å²) in [5.74, 6) is 0.833. The van der Waals surface area contributed by atoms with Gasteiger partial charge in [0.25, 0.3) is 0 Å². The van der Waals surface area contributed by atoms with Gasteiger partial charge in [-0.15, -0.1) is 11.3 Å². The van der Waals surface area contributed by atoms with Crippen LogP contribution in [-0.2, 0) is 17.8 Å². The van der Waals surface area contributed by atoms with Crippen LogP contribution in [0.4, 0.5) is 0 Å². The molecule has 0 spiro atoms. The summed E-state index contributed by atoms with van der Waals surface area (Å²) in [6, 6.07) is 5.77. The average molecular weight is 330 g/mol. The Labute approximate surface area is 138 Å². The Kier molecular flexibility index (Phi) is 4.23. The molecule has 0 amide bonds. The summed E-state index contributed by atoms with van der Waals surface area (Å²) in [4.78, 5) is 7.06. The molecule has 120 valence electrons. The first-order valence-electron chi connectivity index (χ1n) is 7.66. The molecule has 0 unspecified atom stereocenters. The monoisotopic (exact) mass is 330 g/mol. The van der Waals surface area contributed by atoms with Crippen molar-refractivity contribution in [1.29, 1.82) is 0 Å². The Morgan fingerprint density at radius 2 is 2.35 bits per heavy atom. The molecule has 0 aromatic carbocycles. The van der Waals surface area contributed by atoms with E-state index < -0.39 is 0 Å². The number of rotatable bonds is 5. The lowest BCUT2D eigenvalue weighted by atomic mass is 10.2. The number of nitrogens with zero attached hydrogens (tertiary/aromatic N) is 4. The summed E-state index contributed by atoms with van der Waals surface area (Å²) in [5.41, 5.74) is 1.08. The number of ether oxygens (including phenoxy) is 1. The van der Waals surface area contributed by atoms with Crippen LogP contribution in [0.25, 0.3) is 10.8 Å². The molecule has 4 rings (SSSR count). The molecule has 0 aliphatic carbocycles. The van der Waals surface area contributed by atoms with Gasteiger partial charge < -0.3 is 9.15 Å². The number of thiazole rings is 1. The zero-order valence-electron chi connectivity index (χ0n) is 12.7. The predicted molar refractivity (Wildman–Crippen MR) is 87.1 cm³/mol. The lowest BCUT2D eigenvalue weighted by molar-refractivity contribution is -0.0405. The maximum absolute atomic E-state index is 5.85. The summed E-state index contributed by atoms with van der Waals surface area (Å²) in [6.07, 6.45) is 5.62. The normalized spacial score (nSPS) is 19.2. The van der Waals surface area contributed by atoms with Crippen molar-refractivity contribution in [2.75, 3.05) is 19.7 Å². The molecule has 3 aromatic rings. The lowest BCUT2D eigenvalue weighted by Crippen LogP contribution is -2.43. The van der Waals surface area contributed by atoms with Crippen molar-refractivity contribution in [2.24, 2.45) is 0 Å². The first-order chi connectivity index (χ1) is 11.4. The molecular weight excluding hydrogens is 312 g/mol. The largest absolute Gasteiger partial charge is 0.462 e. The van der Waals surface area contributed by atoms with E-state index in [4.69, 9.17) is 9.15 Å². The summed E-state index contributed by atoms with van der Waals surface area (Å²) in [7, 11) is 0. The molecule has 0 N–H and O–H groups in total. The summed E-state index contributed by atoms with van der Waals surface area (Å²) >= 11 is 1.62. The molecule has 1 atom stereocenters. The van der Waals surface area contributed by atoms with E-state index in [1.54, 1.807) is 23.8 Å². The van der Waals surface area contributed by atoms with Crippen LogP contribution in [0.15, 0.2) is 46.7 Å². The molecule has 3 aromatic heterocycles. The van der Waals surface area contributed by atoms with Crippen LogP contribution < -0.4 is 0 Å². The van der Waals surface area contributed by atoms with E-state index in [0.717, 1.165) is 49.2 Å². The van der Waals surface area contributed by atoms with Gasteiger partial charge >= 0.3 is 0 Å². The molecule has 1 aliphatic rings. The minimum absolute atomic E-state index is 0.173. The molecule has 6 nitrogen and oxygen atoms in total. The predicted octanol–water partition coefficient (Wildman–Crippen LogP) is 2.50. The highest BCUT2D eigenvalue weighted by Gasteiger charge is 2.22. The maximum Gasteiger partial charge on any atom is 0.162 e. The highest BCUT2D eigenvalue weighted by Crippen LogP contribution is 2.24. The summed E-state index contributed by atoms with van der Waals surface area (Å²) in [5, 5.41) is 7.29. The second kappa shape index (κ2) is 6.66. The summed E-state index contributed by atoms with van der Waals surface area (Å²) in [6.45, 7) is 4.21. The van der Waals surface area contributed by atoms with Crippen LogP contribution in [0.5, 0.6) is 0 Å². The summed E-state index contributed by atoms with van der Waals surface area (Å²) < 4.78 is 13.2. The first kappa shape index (κ1) is 14.6. The van der Waals surface area contributed by atoms with Crippen molar-refractivity contribution < 1.29 is 9.15 Å². The average Bonchev–Trinajstić information content (AvgIpc) is 3.30. The van der Waals surface area contributed by atoms with E-state index in [1.165, 1.54) is 0 Å². The molecule has 1 saturated heterocycles. The molecule has 23 heavy (non-hydrogen) atoms. The molecule has 0 saturated carbocycles. The van der Waals surface area contributed by atoms with Gasteiger partial charge in [-0.25, -0.2) is 4.98 Å². The second-order valence-corrected chi connectivity index (χ2v) is 6.44. The van der Waals surface area contributed by atoms with Gasteiger partial charge in [0.1, 0.15) is 0 Å². The first-order valence-corrected chi connectivity index (χ1v) is 8.54. The third kappa shape index (κ3) is 3.52. The van der Waals surface area contributed by atoms with Gasteiger partial charge in [-0.1, -0.05) is 0 Å². The van der Waals surface area contributed by atoms with Gasteiger partial charge in [0.2, 0.25) is 0 Å². The zero-order valence-corrected chi connectivity index (χ0v) is 13.5. The van der Waals surface area contributed by atoms with Crippen LogP contribution in [0.3, 0.4) is 0 Å². The van der Waals surface area contributed by atoms with Crippen molar-refractivity contribution in [3.05, 3.63) is 47.9 Å². The smallest absolute Gasteiger partial charge is 0.162 e. The minimum atomic E-state index is 0.173. The quantitative estimate of drug-likeness (QED) is 0.719. The van der Waals surface area contributed by atoms with Gasteiger partial charge in [0, 0.05) is 37.4 Å². The van der Waals surface area contributed by atoms with E-state index in [1.807, 2.05) is 29.1 Å². The van der Waals surface area contributed by atoms with E-state index in [9.17, 15) is 0 Å². The fourth-order valence-corrected chi connectivity index (χ4v) is 3.55. The Hall–Kier alpha value is -1.96. The van der Waals surface area contributed by atoms with Crippen molar-refractivity contribution in [3.8, 4) is 10.8 Å². The fraction of sp³-hybridized carbons (Fsp3) is 0.375. The van der Waals surface area contributed by atoms with Gasteiger partial charge in [0.05, 0.1) is 31.2 Å². The van der Waals surface area contributed by atoms with Crippen molar-refractivity contribution in [2.45, 2.75) is 19.2 Å². The maximum atomic E-state index is 5.85. The minimum Gasteiger partial charge on any atom is -0.462 e. The number of morpholine rings is 1. The highest BCUT2D eigenvalue weighted by atomic mass is 32.1. The number of aromatic nitrogens is 3. The van der Waals surface area contributed by atoms with E-state index in [-0.39, 0.29) is 6.10 Å². The number of hydrogen-bond acceptors (Lipinski definition) is 6. The fourth-order valence-electron chi connectivity index (χ4n) is 2.77. The topological polar surface area (TPSA) is 56.3 Å². The molecule has 7 heteroatoms. The molecule has 4 heterocycles. The lowest BCUT2D eigenvalue weighted by Gasteiger charge is -2.32. The molecule has 0 radical (unpaired) electrons. The molecule has 0 bridgehead atoms. The van der Waals surface area contributed by atoms with Crippen LogP contribution in [-0.4, -0.2) is 45.5 Å². The zero-order chi connectivity index (χ0) is 15.5. The van der Waals surface area contributed by atoms with E-state index in [0.29, 0.717) is 0 Å². The third-order valence-electron chi connectivity index (χ3n) is 3.84. The van der Waals surface area contributed by atoms with Crippen LogP contribution in [0, 0.1) is 0 Å². The van der Waals surface area contributed by atoms with Crippen molar-refractivity contribution in [3.63, 3.8) is 0 Å². The van der Waals surface area contributed by atoms with E-state index >= 15 is 0 Å². The number of furan rings is 1. The molecule has 1 aliphatic heterocycles. The number of hydrogen-bond donors (Lipinski definition) is 0. The van der Waals surface area contributed by atoms with Gasteiger partial charge in [-0.3, -0.25) is 9.58 Å². The molecular formula is C16H18N4O2S. The van der Waals surface area contributed by atoms with Gasteiger partial charge in [0.15, 0.2) is 10.8 Å². The van der Waals surface area contributed by atoms with Crippen LogP contribution >= 0.6 is 11.3 Å². The van der Waals surface area contributed by atoms with Crippen molar-refractivity contribution >= 4 is 11.3 Å². The van der Waals surface area contributed by atoms with Crippen molar-refractivity contribution in [1.82, 2.24) is 19.7 Å². The van der Waals surface area contributed by atoms with E-state index in [2.05, 4.69) is 20.4 Å². The standard InChI is InChI=1S/C16H18N4O2S/c1-3-15(22-7-1)16-18-13(12-23-16)9-19-6-8-21-14(10-19)11-20-5-2-4-17-20/h1-5,7,12,14H,6,8-11H2/t14-/m1/s1. The SMILES string of the molecule is c1coc(-c2nc(CN3CCO[C@@H](Cn4cccn4)C3)cs2)c1. The van der Waals surface area contributed by atoms with Crippen LogP contribution in [0.2, 0.25) is 0 Å². The Balaban J connectivity index is 1.37.